The highest BCUT2D eigenvalue weighted by atomic mass is 16.5. The van der Waals surface area contributed by atoms with Crippen LogP contribution in [0.15, 0.2) is 23.3 Å². The number of ether oxygens (including phenoxy) is 1. The lowest BCUT2D eigenvalue weighted by atomic mass is 9.42. The molecule has 4 rings (SSSR count). The van der Waals surface area contributed by atoms with Gasteiger partial charge in [-0.2, -0.15) is 0 Å². The highest BCUT2D eigenvalue weighted by Gasteiger charge is 2.59. The van der Waals surface area contributed by atoms with E-state index in [1.165, 1.54) is 25.3 Å². The lowest BCUT2D eigenvalue weighted by molar-refractivity contribution is -0.152. The second kappa shape index (κ2) is 7.46. The smallest absolute Gasteiger partial charge is 0.302 e. The summed E-state index contributed by atoms with van der Waals surface area (Å²) in [4.78, 5) is 35.1. The standard InChI is InChI=1S/C26H36O4/c1-17(29)30-16-24(2)11-5-12-26(4)21-10-13-25(3)20(19(21)7-9-23(24)26)8-6-18(14-27)22(25)15-28/h6-7,14-15,20-23H,5,8-13,16H2,1-4H3/t20-,21-,22-,23-,24+,25+,26+/m0/s1. The van der Waals surface area contributed by atoms with Gasteiger partial charge in [-0.1, -0.05) is 44.9 Å². The lowest BCUT2D eigenvalue weighted by Gasteiger charge is -2.62. The van der Waals surface area contributed by atoms with E-state index in [0.717, 1.165) is 44.7 Å². The van der Waals surface area contributed by atoms with E-state index in [1.54, 1.807) is 0 Å². The zero-order valence-electron chi connectivity index (χ0n) is 18.9. The predicted octanol–water partition coefficient (Wildman–Crippen LogP) is 5.07. The van der Waals surface area contributed by atoms with Crippen molar-refractivity contribution in [3.8, 4) is 0 Å². The van der Waals surface area contributed by atoms with Crippen LogP contribution >= 0.6 is 0 Å². The van der Waals surface area contributed by atoms with Crippen LogP contribution in [0.25, 0.3) is 0 Å². The minimum Gasteiger partial charge on any atom is -0.465 e. The number of fused-ring (bicyclic) bond motifs is 5. The van der Waals surface area contributed by atoms with Crippen molar-refractivity contribution in [2.24, 2.45) is 39.9 Å². The first-order valence-electron chi connectivity index (χ1n) is 11.6. The van der Waals surface area contributed by atoms with Crippen LogP contribution in [-0.2, 0) is 19.1 Å². The highest BCUT2D eigenvalue weighted by molar-refractivity contribution is 5.82. The van der Waals surface area contributed by atoms with Crippen molar-refractivity contribution in [1.82, 2.24) is 0 Å². The van der Waals surface area contributed by atoms with Crippen molar-refractivity contribution in [2.45, 2.75) is 72.6 Å². The summed E-state index contributed by atoms with van der Waals surface area (Å²) in [7, 11) is 0. The summed E-state index contributed by atoms with van der Waals surface area (Å²) in [5, 5.41) is 0. The average Bonchev–Trinajstić information content (AvgIpc) is 2.70. The first-order valence-corrected chi connectivity index (χ1v) is 11.6. The summed E-state index contributed by atoms with van der Waals surface area (Å²) >= 11 is 0. The molecule has 0 spiro atoms. The van der Waals surface area contributed by atoms with Crippen molar-refractivity contribution in [3.05, 3.63) is 23.3 Å². The average molecular weight is 413 g/mol. The normalized spacial score (nSPS) is 45.1. The van der Waals surface area contributed by atoms with Gasteiger partial charge in [-0.3, -0.25) is 9.59 Å². The molecule has 0 amide bonds. The number of hydrogen-bond acceptors (Lipinski definition) is 4. The molecule has 2 fully saturated rings. The van der Waals surface area contributed by atoms with E-state index < -0.39 is 0 Å². The van der Waals surface area contributed by atoms with Crippen molar-refractivity contribution in [2.75, 3.05) is 6.61 Å². The summed E-state index contributed by atoms with van der Waals surface area (Å²) in [5.74, 6) is 0.882. The number of carbonyl (C=O) groups is 3. The number of carbonyl (C=O) groups excluding carboxylic acids is 3. The number of aldehydes is 2. The molecular weight excluding hydrogens is 376 g/mol. The largest absolute Gasteiger partial charge is 0.465 e. The molecule has 0 aromatic heterocycles. The molecule has 7 atom stereocenters. The molecule has 0 bridgehead atoms. The molecule has 4 aliphatic carbocycles. The molecule has 2 saturated carbocycles. The molecule has 4 heteroatoms. The quantitative estimate of drug-likeness (QED) is 0.367. The Morgan fingerprint density at radius 1 is 1.07 bits per heavy atom. The molecule has 0 unspecified atom stereocenters. The second-order valence-corrected chi connectivity index (χ2v) is 11.1. The van der Waals surface area contributed by atoms with E-state index in [-0.39, 0.29) is 28.1 Å². The second-order valence-electron chi connectivity index (χ2n) is 11.1. The first-order chi connectivity index (χ1) is 14.2. The van der Waals surface area contributed by atoms with Gasteiger partial charge < -0.3 is 9.53 Å². The highest BCUT2D eigenvalue weighted by Crippen LogP contribution is 2.67. The summed E-state index contributed by atoms with van der Waals surface area (Å²) in [6.07, 6.45) is 13.8. The van der Waals surface area contributed by atoms with Gasteiger partial charge in [-0.15, -0.1) is 0 Å². The van der Waals surface area contributed by atoms with Crippen LogP contribution in [0.2, 0.25) is 0 Å². The molecule has 164 valence electrons. The van der Waals surface area contributed by atoms with E-state index in [0.29, 0.717) is 29.9 Å². The fourth-order valence-corrected chi connectivity index (χ4v) is 7.99. The molecule has 0 aliphatic heterocycles. The van der Waals surface area contributed by atoms with Crippen molar-refractivity contribution in [1.29, 1.82) is 0 Å². The van der Waals surface area contributed by atoms with Gasteiger partial charge in [0.1, 0.15) is 12.6 Å². The number of hydrogen-bond donors (Lipinski definition) is 0. The topological polar surface area (TPSA) is 60.4 Å². The van der Waals surface area contributed by atoms with E-state index in [9.17, 15) is 14.4 Å². The Hall–Kier alpha value is -1.71. The first kappa shape index (κ1) is 21.5. The maximum Gasteiger partial charge on any atom is 0.302 e. The van der Waals surface area contributed by atoms with Crippen LogP contribution in [0.5, 0.6) is 0 Å². The van der Waals surface area contributed by atoms with Crippen LogP contribution in [0.4, 0.5) is 0 Å². The maximum atomic E-state index is 12.0. The van der Waals surface area contributed by atoms with Gasteiger partial charge in [0.25, 0.3) is 0 Å². The summed E-state index contributed by atoms with van der Waals surface area (Å²) in [6.45, 7) is 9.02. The molecule has 0 radical (unpaired) electrons. The third-order valence-electron chi connectivity index (χ3n) is 9.59. The third-order valence-corrected chi connectivity index (χ3v) is 9.59. The van der Waals surface area contributed by atoms with Crippen molar-refractivity contribution in [3.63, 3.8) is 0 Å². The van der Waals surface area contributed by atoms with Crippen molar-refractivity contribution < 1.29 is 19.1 Å². The molecule has 0 aromatic rings. The van der Waals surface area contributed by atoms with E-state index in [1.807, 2.05) is 6.08 Å². The van der Waals surface area contributed by atoms with E-state index in [4.69, 9.17) is 4.74 Å². The molecule has 4 aliphatic rings. The Bertz CT molecular complexity index is 810. The van der Waals surface area contributed by atoms with Crippen LogP contribution < -0.4 is 0 Å². The van der Waals surface area contributed by atoms with Crippen molar-refractivity contribution >= 4 is 18.5 Å². The van der Waals surface area contributed by atoms with Gasteiger partial charge in [-0.25, -0.2) is 0 Å². The molecule has 0 N–H and O–H groups in total. The lowest BCUT2D eigenvalue weighted by Crippen LogP contribution is -2.55. The van der Waals surface area contributed by atoms with E-state index >= 15 is 0 Å². The van der Waals surface area contributed by atoms with Gasteiger partial charge in [0.05, 0.1) is 6.61 Å². The van der Waals surface area contributed by atoms with Crippen LogP contribution in [0.3, 0.4) is 0 Å². The molecule has 30 heavy (non-hydrogen) atoms. The Morgan fingerprint density at radius 3 is 2.50 bits per heavy atom. The minimum absolute atomic E-state index is 0.0178. The molecular formula is C26H36O4. The predicted molar refractivity (Wildman–Crippen MR) is 116 cm³/mol. The third kappa shape index (κ3) is 3.05. The fourth-order valence-electron chi connectivity index (χ4n) is 7.99. The van der Waals surface area contributed by atoms with E-state index in [2.05, 4.69) is 26.8 Å². The number of esters is 1. The van der Waals surface area contributed by atoms with Gasteiger partial charge >= 0.3 is 5.97 Å². The van der Waals surface area contributed by atoms with Crippen LogP contribution in [0, 0.1) is 39.9 Å². The fraction of sp³-hybridized carbons (Fsp3) is 0.731. The number of allylic oxidation sites excluding steroid dienone is 4. The summed E-state index contributed by atoms with van der Waals surface area (Å²) in [5.41, 5.74) is 2.27. The Balaban J connectivity index is 1.69. The maximum absolute atomic E-state index is 12.0. The SMILES string of the molecule is CC(=O)OC[C@@]1(C)CCC[C@]2(C)[C@H]3CC[C@@]4(C)[C@@H](C=O)C(C=O)=CC[C@H]4C3=CC[C@@H]12. The van der Waals surface area contributed by atoms with Crippen LogP contribution in [0.1, 0.15) is 72.6 Å². The molecule has 0 heterocycles. The van der Waals surface area contributed by atoms with Gasteiger partial charge in [0, 0.05) is 18.3 Å². The zero-order valence-corrected chi connectivity index (χ0v) is 18.9. The zero-order chi connectivity index (χ0) is 21.7. The summed E-state index contributed by atoms with van der Waals surface area (Å²) in [6, 6.07) is 0. The number of rotatable bonds is 4. The Kier molecular flexibility index (Phi) is 5.35. The van der Waals surface area contributed by atoms with Gasteiger partial charge in [-0.05, 0) is 72.7 Å². The monoisotopic (exact) mass is 412 g/mol. The van der Waals surface area contributed by atoms with Crippen LogP contribution in [-0.4, -0.2) is 25.1 Å². The Morgan fingerprint density at radius 2 is 1.83 bits per heavy atom. The molecule has 0 saturated heterocycles. The van der Waals surface area contributed by atoms with Gasteiger partial charge in [0.2, 0.25) is 0 Å². The van der Waals surface area contributed by atoms with Gasteiger partial charge in [0.15, 0.2) is 0 Å². The molecule has 4 nitrogen and oxygen atoms in total. The summed E-state index contributed by atoms with van der Waals surface area (Å²) < 4.78 is 5.53. The Labute approximate surface area is 180 Å². The minimum atomic E-state index is -0.290. The molecule has 0 aromatic carbocycles.